The number of carbonyl (C=O) groups is 1. The number of hydrogen-bond acceptors (Lipinski definition) is 5. The van der Waals surface area contributed by atoms with Crippen molar-refractivity contribution >= 4 is 28.3 Å². The molecule has 6 nitrogen and oxygen atoms in total. The molecule has 0 bridgehead atoms. The van der Waals surface area contributed by atoms with Gasteiger partial charge in [-0.25, -0.2) is 4.98 Å². The Morgan fingerprint density at radius 2 is 2.30 bits per heavy atom. The predicted molar refractivity (Wildman–Crippen MR) is 91.7 cm³/mol. The summed E-state index contributed by atoms with van der Waals surface area (Å²) in [4.78, 5) is 18.7. The normalized spacial score (nSPS) is 12.7. The fraction of sp³-hybridized carbons (Fsp3) is 0.312. The van der Waals surface area contributed by atoms with E-state index in [1.165, 1.54) is 5.56 Å². The summed E-state index contributed by atoms with van der Waals surface area (Å²) in [5.74, 6) is -0.123. The molecular formula is C16H19N5OS. The van der Waals surface area contributed by atoms with Gasteiger partial charge in [0.25, 0.3) is 5.91 Å². The maximum Gasteiger partial charge on any atom is 0.252 e. The van der Waals surface area contributed by atoms with Gasteiger partial charge >= 0.3 is 0 Å². The largest absolute Gasteiger partial charge is 0.350 e. The van der Waals surface area contributed by atoms with Crippen LogP contribution in [0.25, 0.3) is 11.0 Å². The third kappa shape index (κ3) is 3.25. The summed E-state index contributed by atoms with van der Waals surface area (Å²) in [5.41, 5.74) is 3.29. The van der Waals surface area contributed by atoms with E-state index in [1.807, 2.05) is 32.5 Å². The average Bonchev–Trinajstić information content (AvgIpc) is 3.17. The van der Waals surface area contributed by atoms with Gasteiger partial charge in [0, 0.05) is 23.8 Å². The number of aromatic nitrogens is 3. The van der Waals surface area contributed by atoms with Gasteiger partial charge in [0.1, 0.15) is 0 Å². The Labute approximate surface area is 138 Å². The number of H-pyrrole nitrogens is 1. The third-order valence-electron chi connectivity index (χ3n) is 3.87. The van der Waals surface area contributed by atoms with E-state index in [-0.39, 0.29) is 11.9 Å². The fourth-order valence-electron chi connectivity index (χ4n) is 2.50. The molecule has 3 heterocycles. The van der Waals surface area contributed by atoms with Crippen molar-refractivity contribution in [2.24, 2.45) is 0 Å². The number of fused-ring (bicyclic) bond motifs is 1. The van der Waals surface area contributed by atoms with Crippen LogP contribution in [0.4, 0.5) is 0 Å². The van der Waals surface area contributed by atoms with Gasteiger partial charge in [-0.3, -0.25) is 9.89 Å². The lowest BCUT2D eigenvalue weighted by molar-refractivity contribution is 0.0942. The Hall–Kier alpha value is -2.25. The highest BCUT2D eigenvalue weighted by Crippen LogP contribution is 2.20. The minimum Gasteiger partial charge on any atom is -0.350 e. The van der Waals surface area contributed by atoms with Crippen LogP contribution >= 0.6 is 11.3 Å². The van der Waals surface area contributed by atoms with Gasteiger partial charge in [0.2, 0.25) is 0 Å². The van der Waals surface area contributed by atoms with Crippen molar-refractivity contribution in [2.45, 2.75) is 13.0 Å². The maximum absolute atomic E-state index is 12.4. The number of rotatable bonds is 5. The molecule has 0 saturated carbocycles. The molecule has 7 heteroatoms. The molecule has 0 aromatic carbocycles. The second-order valence-corrected chi connectivity index (χ2v) is 6.47. The molecule has 1 atom stereocenters. The molecule has 0 unspecified atom stereocenters. The van der Waals surface area contributed by atoms with Gasteiger partial charge in [-0.05, 0) is 49.5 Å². The van der Waals surface area contributed by atoms with Crippen molar-refractivity contribution in [2.75, 3.05) is 20.6 Å². The lowest BCUT2D eigenvalue weighted by Crippen LogP contribution is -2.34. The van der Waals surface area contributed by atoms with E-state index in [1.54, 1.807) is 17.5 Å². The molecule has 0 saturated heterocycles. The molecule has 1 amide bonds. The summed E-state index contributed by atoms with van der Waals surface area (Å²) in [6, 6.07) is 4.06. The highest BCUT2D eigenvalue weighted by molar-refractivity contribution is 7.07. The topological polar surface area (TPSA) is 73.9 Å². The summed E-state index contributed by atoms with van der Waals surface area (Å²) >= 11 is 1.66. The molecule has 3 rings (SSSR count). The molecule has 3 aromatic heterocycles. The number of aromatic amines is 1. The molecule has 3 aromatic rings. The Morgan fingerprint density at radius 3 is 3.00 bits per heavy atom. The van der Waals surface area contributed by atoms with Gasteiger partial charge in [-0.15, -0.1) is 0 Å². The molecule has 0 fully saturated rings. The molecule has 120 valence electrons. The van der Waals surface area contributed by atoms with E-state index in [0.29, 0.717) is 17.8 Å². The Morgan fingerprint density at radius 1 is 1.48 bits per heavy atom. The molecule has 2 N–H and O–H groups in total. The summed E-state index contributed by atoms with van der Waals surface area (Å²) in [6.45, 7) is 2.46. The predicted octanol–water partition coefficient (Wildman–Crippen LogP) is 2.36. The number of amides is 1. The fourth-order valence-corrected chi connectivity index (χ4v) is 3.21. The summed E-state index contributed by atoms with van der Waals surface area (Å²) < 4.78 is 0. The van der Waals surface area contributed by atoms with E-state index >= 15 is 0 Å². The summed E-state index contributed by atoms with van der Waals surface area (Å²) in [5, 5.41) is 15.0. The van der Waals surface area contributed by atoms with Crippen LogP contribution in [0.1, 0.15) is 27.7 Å². The number of pyridine rings is 1. The second-order valence-electron chi connectivity index (χ2n) is 5.69. The van der Waals surface area contributed by atoms with Crippen molar-refractivity contribution < 1.29 is 4.79 Å². The van der Waals surface area contributed by atoms with E-state index in [9.17, 15) is 4.79 Å². The van der Waals surface area contributed by atoms with E-state index in [0.717, 1.165) is 11.1 Å². The minimum atomic E-state index is -0.123. The number of nitrogens with zero attached hydrogens (tertiary/aromatic N) is 3. The van der Waals surface area contributed by atoms with Crippen LogP contribution < -0.4 is 5.32 Å². The van der Waals surface area contributed by atoms with Crippen molar-refractivity contribution in [3.8, 4) is 0 Å². The van der Waals surface area contributed by atoms with Crippen molar-refractivity contribution in [3.05, 3.63) is 45.9 Å². The molecule has 0 spiro atoms. The molecule has 0 aliphatic heterocycles. The maximum atomic E-state index is 12.4. The molecule has 0 aliphatic carbocycles. The van der Waals surface area contributed by atoms with E-state index in [2.05, 4.69) is 36.8 Å². The Bertz CT molecular complexity index is 809. The number of likely N-dealkylation sites (N-methyl/N-ethyl adjacent to an activating group) is 1. The van der Waals surface area contributed by atoms with E-state index < -0.39 is 0 Å². The lowest BCUT2D eigenvalue weighted by Gasteiger charge is -2.24. The summed E-state index contributed by atoms with van der Waals surface area (Å²) in [7, 11) is 4.02. The number of carbonyl (C=O) groups excluding carboxylic acids is 1. The zero-order chi connectivity index (χ0) is 16.4. The standard InChI is InChI=1S/C16H19N5OS/c1-10-13-6-12(7-17-15(13)20-19-10)16(22)18-8-14(21(2)3)11-4-5-23-9-11/h4-7,9,14H,8H2,1-3H3,(H,18,22)(H,17,19,20)/t14-/m0/s1. The number of aryl methyl sites for hydroxylation is 1. The van der Waals surface area contributed by atoms with Gasteiger partial charge in [0.15, 0.2) is 5.65 Å². The minimum absolute atomic E-state index is 0.123. The first-order valence-corrected chi connectivity index (χ1v) is 8.28. The summed E-state index contributed by atoms with van der Waals surface area (Å²) in [6.07, 6.45) is 1.56. The second kappa shape index (κ2) is 6.47. The van der Waals surface area contributed by atoms with Crippen LogP contribution in [0.3, 0.4) is 0 Å². The smallest absolute Gasteiger partial charge is 0.252 e. The quantitative estimate of drug-likeness (QED) is 0.753. The zero-order valence-corrected chi connectivity index (χ0v) is 14.1. The van der Waals surface area contributed by atoms with Crippen LogP contribution in [0, 0.1) is 6.92 Å². The zero-order valence-electron chi connectivity index (χ0n) is 13.3. The molecular weight excluding hydrogens is 310 g/mol. The van der Waals surface area contributed by atoms with Crippen LogP contribution in [0.5, 0.6) is 0 Å². The van der Waals surface area contributed by atoms with E-state index in [4.69, 9.17) is 0 Å². The molecule has 0 radical (unpaired) electrons. The van der Waals surface area contributed by atoms with Crippen molar-refractivity contribution in [1.29, 1.82) is 0 Å². The monoisotopic (exact) mass is 329 g/mol. The van der Waals surface area contributed by atoms with Crippen molar-refractivity contribution in [1.82, 2.24) is 25.4 Å². The molecule has 23 heavy (non-hydrogen) atoms. The molecule has 0 aliphatic rings. The van der Waals surface area contributed by atoms with Crippen LogP contribution in [-0.2, 0) is 0 Å². The average molecular weight is 329 g/mol. The van der Waals surface area contributed by atoms with Crippen LogP contribution in [-0.4, -0.2) is 46.6 Å². The first kappa shape index (κ1) is 15.6. The van der Waals surface area contributed by atoms with Crippen LogP contribution in [0.2, 0.25) is 0 Å². The van der Waals surface area contributed by atoms with Gasteiger partial charge < -0.3 is 10.2 Å². The Balaban J connectivity index is 1.73. The van der Waals surface area contributed by atoms with Gasteiger partial charge in [-0.2, -0.15) is 16.4 Å². The Kier molecular flexibility index (Phi) is 4.40. The van der Waals surface area contributed by atoms with Crippen molar-refractivity contribution in [3.63, 3.8) is 0 Å². The van der Waals surface area contributed by atoms with Gasteiger partial charge in [-0.1, -0.05) is 0 Å². The first-order chi connectivity index (χ1) is 11.1. The third-order valence-corrected chi connectivity index (χ3v) is 4.57. The SMILES string of the molecule is Cc1[nH]nc2ncc(C(=O)NC[C@@H](c3ccsc3)N(C)C)cc12. The first-order valence-electron chi connectivity index (χ1n) is 7.33. The number of thiophene rings is 1. The highest BCUT2D eigenvalue weighted by atomic mass is 32.1. The number of hydrogen-bond donors (Lipinski definition) is 2. The van der Waals surface area contributed by atoms with Crippen LogP contribution in [0.15, 0.2) is 29.1 Å². The lowest BCUT2D eigenvalue weighted by atomic mass is 10.1. The highest BCUT2D eigenvalue weighted by Gasteiger charge is 2.17. The number of nitrogens with one attached hydrogen (secondary N) is 2. The van der Waals surface area contributed by atoms with Gasteiger partial charge in [0.05, 0.1) is 11.6 Å².